The summed E-state index contributed by atoms with van der Waals surface area (Å²) in [6, 6.07) is 0.447. The fourth-order valence-corrected chi connectivity index (χ4v) is 1.70. The third-order valence-electron chi connectivity index (χ3n) is 3.50. The summed E-state index contributed by atoms with van der Waals surface area (Å²) in [4.78, 5) is 13.5. The number of aromatic nitrogens is 3. The van der Waals surface area contributed by atoms with E-state index in [0.29, 0.717) is 12.6 Å². The van der Waals surface area contributed by atoms with E-state index in [1.54, 1.807) is 10.9 Å². The number of carbonyl (C=O) groups is 1. The molecule has 0 fully saturated rings. The molecule has 1 rings (SSSR count). The Labute approximate surface area is 114 Å². The summed E-state index contributed by atoms with van der Waals surface area (Å²) in [5, 5.41) is 7.66. The monoisotopic (exact) mass is 268 g/mol. The zero-order valence-corrected chi connectivity index (χ0v) is 12.3. The second-order valence-corrected chi connectivity index (χ2v) is 5.86. The lowest BCUT2D eigenvalue weighted by Crippen LogP contribution is -2.40. The second-order valence-electron chi connectivity index (χ2n) is 5.86. The molecule has 0 spiro atoms. The molecule has 7 nitrogen and oxygen atoms in total. The average Bonchev–Trinajstić information content (AvgIpc) is 2.81. The van der Waals surface area contributed by atoms with Crippen LogP contribution in [0.3, 0.4) is 0 Å². The third-order valence-corrected chi connectivity index (χ3v) is 3.50. The summed E-state index contributed by atoms with van der Waals surface area (Å²) in [7, 11) is 2.08. The smallest absolute Gasteiger partial charge is 0.287 e. The van der Waals surface area contributed by atoms with Gasteiger partial charge in [0.1, 0.15) is 0 Å². The van der Waals surface area contributed by atoms with E-state index in [4.69, 9.17) is 5.84 Å². The van der Waals surface area contributed by atoms with Crippen molar-refractivity contribution in [2.24, 2.45) is 11.3 Å². The van der Waals surface area contributed by atoms with E-state index < -0.39 is 5.91 Å². The maximum atomic E-state index is 11.2. The van der Waals surface area contributed by atoms with Crippen molar-refractivity contribution >= 4 is 5.91 Å². The molecule has 0 saturated heterocycles. The first-order valence-corrected chi connectivity index (χ1v) is 6.37. The van der Waals surface area contributed by atoms with Crippen LogP contribution in [0.25, 0.3) is 0 Å². The zero-order valence-electron chi connectivity index (χ0n) is 12.3. The highest BCUT2D eigenvalue weighted by Gasteiger charge is 2.23. The van der Waals surface area contributed by atoms with Crippen molar-refractivity contribution in [1.82, 2.24) is 25.3 Å². The minimum absolute atomic E-state index is 0.224. The number of nitrogens with zero attached hydrogens (tertiary/aromatic N) is 4. The maximum Gasteiger partial charge on any atom is 0.287 e. The summed E-state index contributed by atoms with van der Waals surface area (Å²) < 4.78 is 1.65. The Bertz CT molecular complexity index is 422. The van der Waals surface area contributed by atoms with Gasteiger partial charge in [0.05, 0.1) is 12.7 Å². The van der Waals surface area contributed by atoms with Crippen molar-refractivity contribution in [3.05, 3.63) is 11.9 Å². The second kappa shape index (κ2) is 6.12. The molecular formula is C12H24N6O. The van der Waals surface area contributed by atoms with Crippen LogP contribution >= 0.6 is 0 Å². The Morgan fingerprint density at radius 2 is 2.21 bits per heavy atom. The molecule has 7 heteroatoms. The summed E-state index contributed by atoms with van der Waals surface area (Å²) in [5.41, 5.74) is 2.49. The average molecular weight is 268 g/mol. The molecular weight excluding hydrogens is 244 g/mol. The van der Waals surface area contributed by atoms with Crippen molar-refractivity contribution < 1.29 is 4.79 Å². The molecule has 0 aliphatic rings. The summed E-state index contributed by atoms with van der Waals surface area (Å²) in [5.74, 6) is 4.61. The van der Waals surface area contributed by atoms with Gasteiger partial charge in [-0.1, -0.05) is 26.0 Å². The van der Waals surface area contributed by atoms with Gasteiger partial charge in [-0.25, -0.2) is 5.84 Å². The SMILES string of the molecule is CC(N(C)CCn1cc(C(=O)NN)nn1)C(C)(C)C. The predicted octanol–water partition coefficient (Wildman–Crippen LogP) is 0.248. The number of nitrogens with one attached hydrogen (secondary N) is 1. The Morgan fingerprint density at radius 3 is 2.74 bits per heavy atom. The Balaban J connectivity index is 2.53. The third kappa shape index (κ3) is 4.29. The molecule has 108 valence electrons. The molecule has 0 aliphatic heterocycles. The van der Waals surface area contributed by atoms with E-state index in [-0.39, 0.29) is 11.1 Å². The summed E-state index contributed by atoms with van der Waals surface area (Å²) in [6.45, 7) is 10.4. The van der Waals surface area contributed by atoms with E-state index >= 15 is 0 Å². The van der Waals surface area contributed by atoms with Gasteiger partial charge in [0.15, 0.2) is 5.69 Å². The zero-order chi connectivity index (χ0) is 14.6. The molecule has 0 aromatic carbocycles. The van der Waals surface area contributed by atoms with E-state index in [1.807, 2.05) is 5.43 Å². The highest BCUT2D eigenvalue weighted by Crippen LogP contribution is 2.22. The number of hydrogen-bond acceptors (Lipinski definition) is 5. The van der Waals surface area contributed by atoms with Gasteiger partial charge in [-0.15, -0.1) is 5.10 Å². The van der Waals surface area contributed by atoms with Gasteiger partial charge in [-0.3, -0.25) is 14.9 Å². The van der Waals surface area contributed by atoms with Crippen molar-refractivity contribution in [2.45, 2.75) is 40.3 Å². The normalized spacial score (nSPS) is 13.6. The van der Waals surface area contributed by atoms with Gasteiger partial charge in [0, 0.05) is 12.6 Å². The molecule has 1 amide bonds. The number of likely N-dealkylation sites (N-methyl/N-ethyl adjacent to an activating group) is 1. The van der Waals surface area contributed by atoms with Crippen LogP contribution in [0.2, 0.25) is 0 Å². The lowest BCUT2D eigenvalue weighted by Gasteiger charge is -2.35. The molecule has 1 aromatic rings. The fraction of sp³-hybridized carbons (Fsp3) is 0.750. The van der Waals surface area contributed by atoms with Gasteiger partial charge in [0.2, 0.25) is 0 Å². The van der Waals surface area contributed by atoms with E-state index in [1.165, 1.54) is 0 Å². The topological polar surface area (TPSA) is 89.1 Å². The van der Waals surface area contributed by atoms with Crippen molar-refractivity contribution in [1.29, 1.82) is 0 Å². The van der Waals surface area contributed by atoms with Gasteiger partial charge in [-0.05, 0) is 19.4 Å². The summed E-state index contributed by atoms with van der Waals surface area (Å²) in [6.07, 6.45) is 1.60. The molecule has 1 aromatic heterocycles. The van der Waals surface area contributed by atoms with E-state index in [2.05, 4.69) is 50.0 Å². The number of nitrogen functional groups attached to an aromatic ring is 1. The lowest BCUT2D eigenvalue weighted by atomic mass is 9.87. The number of hydrazine groups is 1. The molecule has 0 saturated carbocycles. The molecule has 19 heavy (non-hydrogen) atoms. The van der Waals surface area contributed by atoms with Crippen molar-refractivity contribution in [2.75, 3.05) is 13.6 Å². The van der Waals surface area contributed by atoms with Crippen LogP contribution < -0.4 is 11.3 Å². The van der Waals surface area contributed by atoms with E-state index in [0.717, 1.165) is 6.54 Å². The van der Waals surface area contributed by atoms with Crippen LogP contribution in [0.4, 0.5) is 0 Å². The van der Waals surface area contributed by atoms with E-state index in [9.17, 15) is 4.79 Å². The van der Waals surface area contributed by atoms with Crippen molar-refractivity contribution in [3.63, 3.8) is 0 Å². The predicted molar refractivity (Wildman–Crippen MR) is 73.2 cm³/mol. The Kier molecular flexibility index (Phi) is 5.02. The van der Waals surface area contributed by atoms with Crippen LogP contribution in [0.5, 0.6) is 0 Å². The first-order valence-electron chi connectivity index (χ1n) is 6.37. The van der Waals surface area contributed by atoms with Gasteiger partial charge in [-0.2, -0.15) is 0 Å². The molecule has 3 N–H and O–H groups in total. The first kappa shape index (κ1) is 15.6. The van der Waals surface area contributed by atoms with Crippen LogP contribution in [0.1, 0.15) is 38.2 Å². The molecule has 0 radical (unpaired) electrons. The van der Waals surface area contributed by atoms with Gasteiger partial charge in [0.25, 0.3) is 5.91 Å². The number of hydrogen-bond donors (Lipinski definition) is 2. The maximum absolute atomic E-state index is 11.2. The summed E-state index contributed by atoms with van der Waals surface area (Å²) >= 11 is 0. The fourth-order valence-electron chi connectivity index (χ4n) is 1.70. The minimum Gasteiger partial charge on any atom is -0.301 e. The minimum atomic E-state index is -0.428. The van der Waals surface area contributed by atoms with Crippen LogP contribution in [-0.4, -0.2) is 45.4 Å². The van der Waals surface area contributed by atoms with Crippen molar-refractivity contribution in [3.8, 4) is 0 Å². The number of rotatable bonds is 5. The first-order chi connectivity index (χ1) is 8.75. The Morgan fingerprint density at radius 1 is 1.58 bits per heavy atom. The number of carbonyl (C=O) groups excluding carboxylic acids is 1. The van der Waals surface area contributed by atoms with Gasteiger partial charge >= 0.3 is 0 Å². The standard InChI is InChI=1S/C12H24N6O/c1-9(12(2,3)4)17(5)6-7-18-8-10(15-16-18)11(19)14-13/h8-9H,6-7,13H2,1-5H3,(H,14,19). The molecule has 1 unspecified atom stereocenters. The highest BCUT2D eigenvalue weighted by molar-refractivity contribution is 5.91. The highest BCUT2D eigenvalue weighted by atomic mass is 16.2. The quantitative estimate of drug-likeness (QED) is 0.454. The largest absolute Gasteiger partial charge is 0.301 e. The number of amides is 1. The van der Waals surface area contributed by atoms with Crippen LogP contribution in [-0.2, 0) is 6.54 Å². The molecule has 0 aliphatic carbocycles. The van der Waals surface area contributed by atoms with Gasteiger partial charge < -0.3 is 4.90 Å². The Hall–Kier alpha value is -1.47. The van der Waals surface area contributed by atoms with Crippen LogP contribution in [0, 0.1) is 5.41 Å². The molecule has 1 atom stereocenters. The lowest BCUT2D eigenvalue weighted by molar-refractivity contribution is 0.0948. The number of nitrogens with two attached hydrogens (primary N) is 1. The molecule has 1 heterocycles. The molecule has 0 bridgehead atoms. The van der Waals surface area contributed by atoms with Crippen LogP contribution in [0.15, 0.2) is 6.20 Å².